The highest BCUT2D eigenvalue weighted by molar-refractivity contribution is 5.89. The molecule has 0 fully saturated rings. The predicted octanol–water partition coefficient (Wildman–Crippen LogP) is 3.64. The average Bonchev–Trinajstić information content (AvgIpc) is 2.52. The van der Waals surface area contributed by atoms with E-state index in [1.807, 2.05) is 26.8 Å². The number of rotatable bonds is 2. The molecule has 0 bridgehead atoms. The monoisotopic (exact) mass is 335 g/mol. The maximum atomic E-state index is 14.3. The van der Waals surface area contributed by atoms with Gasteiger partial charge in [0.05, 0.1) is 12.7 Å². The number of hydrogen-bond donors (Lipinski definition) is 0. The number of halogens is 1. The Labute approximate surface area is 141 Å². The number of esters is 1. The lowest BCUT2D eigenvalue weighted by Gasteiger charge is -2.29. The first-order chi connectivity index (χ1) is 11.2. The maximum Gasteiger partial charge on any atom is 0.410 e. The largest absolute Gasteiger partial charge is 0.465 e. The predicted molar refractivity (Wildman–Crippen MR) is 88.1 cm³/mol. The summed E-state index contributed by atoms with van der Waals surface area (Å²) in [5.74, 6) is -1.05. The Kier molecular flexibility index (Phi) is 5.26. The summed E-state index contributed by atoms with van der Waals surface area (Å²) in [6.07, 6.45) is 1.96. The maximum absolute atomic E-state index is 14.3. The number of carbonyl (C=O) groups excluding carboxylic acids is 2. The second-order valence-electron chi connectivity index (χ2n) is 6.59. The van der Waals surface area contributed by atoms with Crippen LogP contribution in [0.1, 0.15) is 43.1 Å². The molecule has 0 radical (unpaired) electrons. The smallest absolute Gasteiger partial charge is 0.410 e. The lowest BCUT2D eigenvalue weighted by molar-refractivity contribution is 0.0270. The second-order valence-corrected chi connectivity index (χ2v) is 6.59. The van der Waals surface area contributed by atoms with Gasteiger partial charge in [0, 0.05) is 18.7 Å². The van der Waals surface area contributed by atoms with Gasteiger partial charge in [0.25, 0.3) is 0 Å². The fourth-order valence-electron chi connectivity index (χ4n) is 2.43. The van der Waals surface area contributed by atoms with Crippen LogP contribution in [-0.4, -0.2) is 42.8 Å². The third kappa shape index (κ3) is 4.34. The van der Waals surface area contributed by atoms with Crippen molar-refractivity contribution in [1.29, 1.82) is 0 Å². The van der Waals surface area contributed by atoms with Crippen LogP contribution in [0.25, 0.3) is 5.57 Å². The van der Waals surface area contributed by atoms with Gasteiger partial charge in [-0.1, -0.05) is 12.1 Å². The van der Waals surface area contributed by atoms with Crippen LogP contribution >= 0.6 is 0 Å². The van der Waals surface area contributed by atoms with E-state index in [4.69, 9.17) is 4.74 Å². The SMILES string of the molecule is COC(=O)c1ccc(C2=CCN(C(=O)OC(C)(C)C)CC2)c(F)c1. The van der Waals surface area contributed by atoms with Gasteiger partial charge in [0.1, 0.15) is 11.4 Å². The van der Waals surface area contributed by atoms with E-state index in [2.05, 4.69) is 4.74 Å². The minimum absolute atomic E-state index is 0.172. The molecule has 130 valence electrons. The Hall–Kier alpha value is -2.37. The summed E-state index contributed by atoms with van der Waals surface area (Å²) in [7, 11) is 1.25. The molecule has 1 aliphatic rings. The van der Waals surface area contributed by atoms with Crippen molar-refractivity contribution < 1.29 is 23.5 Å². The molecule has 0 aromatic heterocycles. The van der Waals surface area contributed by atoms with Crippen molar-refractivity contribution >= 4 is 17.6 Å². The summed E-state index contributed by atoms with van der Waals surface area (Å²) in [5.41, 5.74) is 0.873. The fraction of sp³-hybridized carbons (Fsp3) is 0.444. The topological polar surface area (TPSA) is 55.8 Å². The van der Waals surface area contributed by atoms with Gasteiger partial charge in [0.15, 0.2) is 0 Å². The molecule has 1 aromatic rings. The van der Waals surface area contributed by atoms with Crippen LogP contribution in [0.5, 0.6) is 0 Å². The van der Waals surface area contributed by atoms with E-state index in [-0.39, 0.29) is 11.7 Å². The van der Waals surface area contributed by atoms with Gasteiger partial charge < -0.3 is 14.4 Å². The molecule has 0 atom stereocenters. The van der Waals surface area contributed by atoms with Crippen LogP contribution in [0.15, 0.2) is 24.3 Å². The minimum atomic E-state index is -0.575. The highest BCUT2D eigenvalue weighted by atomic mass is 19.1. The van der Waals surface area contributed by atoms with E-state index in [0.29, 0.717) is 25.1 Å². The van der Waals surface area contributed by atoms with Gasteiger partial charge in [0.2, 0.25) is 0 Å². The van der Waals surface area contributed by atoms with Crippen molar-refractivity contribution in [2.45, 2.75) is 32.8 Å². The standard InChI is InChI=1S/C18H22FNO4/c1-18(2,3)24-17(22)20-9-7-12(8-10-20)14-6-5-13(11-15(14)19)16(21)23-4/h5-7,11H,8-10H2,1-4H3. The number of benzene rings is 1. The lowest BCUT2D eigenvalue weighted by atomic mass is 9.98. The number of ether oxygens (including phenoxy) is 2. The van der Waals surface area contributed by atoms with Crippen LogP contribution in [0.2, 0.25) is 0 Å². The first-order valence-electron chi connectivity index (χ1n) is 7.76. The quantitative estimate of drug-likeness (QED) is 0.774. The molecule has 0 unspecified atom stereocenters. The van der Waals surface area contributed by atoms with E-state index < -0.39 is 17.4 Å². The lowest BCUT2D eigenvalue weighted by Crippen LogP contribution is -2.39. The van der Waals surface area contributed by atoms with Crippen molar-refractivity contribution in [3.8, 4) is 0 Å². The van der Waals surface area contributed by atoms with Gasteiger partial charge in [-0.25, -0.2) is 14.0 Å². The summed E-state index contributed by atoms with van der Waals surface area (Å²) < 4.78 is 24.2. The van der Waals surface area contributed by atoms with E-state index in [9.17, 15) is 14.0 Å². The van der Waals surface area contributed by atoms with Gasteiger partial charge in [-0.15, -0.1) is 0 Å². The van der Waals surface area contributed by atoms with E-state index in [0.717, 1.165) is 5.57 Å². The zero-order chi connectivity index (χ0) is 17.9. The Morgan fingerprint density at radius 1 is 1.25 bits per heavy atom. The second kappa shape index (κ2) is 7.03. The molecule has 6 heteroatoms. The third-order valence-corrected chi connectivity index (χ3v) is 3.60. The molecule has 1 aromatic carbocycles. The van der Waals surface area contributed by atoms with Crippen molar-refractivity contribution in [2.24, 2.45) is 0 Å². The normalized spacial score (nSPS) is 14.9. The number of carbonyl (C=O) groups is 2. The van der Waals surface area contributed by atoms with E-state index >= 15 is 0 Å². The van der Waals surface area contributed by atoms with Crippen molar-refractivity contribution in [1.82, 2.24) is 4.90 Å². The molecular formula is C18H22FNO4. The van der Waals surface area contributed by atoms with Gasteiger partial charge in [-0.3, -0.25) is 0 Å². The van der Waals surface area contributed by atoms with E-state index in [1.165, 1.54) is 19.2 Å². The number of methoxy groups -OCH3 is 1. The van der Waals surface area contributed by atoms with Gasteiger partial charge >= 0.3 is 12.1 Å². The summed E-state index contributed by atoms with van der Waals surface area (Å²) in [4.78, 5) is 25.0. The molecular weight excluding hydrogens is 313 g/mol. The zero-order valence-corrected chi connectivity index (χ0v) is 14.4. The Bertz CT molecular complexity index is 676. The van der Waals surface area contributed by atoms with Gasteiger partial charge in [-0.05, 0) is 44.9 Å². The summed E-state index contributed by atoms with van der Waals surface area (Å²) in [6.45, 7) is 6.26. The summed E-state index contributed by atoms with van der Waals surface area (Å²) >= 11 is 0. The van der Waals surface area contributed by atoms with E-state index in [1.54, 1.807) is 11.0 Å². The summed E-state index contributed by atoms with van der Waals surface area (Å²) in [6, 6.07) is 4.27. The van der Waals surface area contributed by atoms with Crippen LogP contribution in [0.4, 0.5) is 9.18 Å². The molecule has 1 heterocycles. The van der Waals surface area contributed by atoms with Crippen molar-refractivity contribution in [3.05, 3.63) is 41.2 Å². The fourth-order valence-corrected chi connectivity index (χ4v) is 2.43. The highest BCUT2D eigenvalue weighted by Crippen LogP contribution is 2.26. The molecule has 0 saturated carbocycles. The molecule has 0 aliphatic carbocycles. The minimum Gasteiger partial charge on any atom is -0.465 e. The van der Waals surface area contributed by atoms with Crippen LogP contribution in [0, 0.1) is 5.82 Å². The molecule has 0 N–H and O–H groups in total. The van der Waals surface area contributed by atoms with Crippen molar-refractivity contribution in [2.75, 3.05) is 20.2 Å². The first-order valence-corrected chi connectivity index (χ1v) is 7.76. The molecule has 1 amide bonds. The molecule has 0 spiro atoms. The molecule has 24 heavy (non-hydrogen) atoms. The van der Waals surface area contributed by atoms with Crippen LogP contribution in [-0.2, 0) is 9.47 Å². The first kappa shape index (κ1) is 18.0. The Morgan fingerprint density at radius 3 is 2.46 bits per heavy atom. The number of hydrogen-bond acceptors (Lipinski definition) is 4. The van der Waals surface area contributed by atoms with Crippen molar-refractivity contribution in [3.63, 3.8) is 0 Å². The third-order valence-electron chi connectivity index (χ3n) is 3.60. The summed E-state index contributed by atoms with van der Waals surface area (Å²) in [5, 5.41) is 0. The zero-order valence-electron chi connectivity index (χ0n) is 14.4. The van der Waals surface area contributed by atoms with Crippen LogP contribution < -0.4 is 0 Å². The molecule has 1 aliphatic heterocycles. The number of amides is 1. The molecule has 2 rings (SSSR count). The highest BCUT2D eigenvalue weighted by Gasteiger charge is 2.24. The average molecular weight is 335 g/mol. The molecule has 0 saturated heterocycles. The molecule has 5 nitrogen and oxygen atoms in total. The van der Waals surface area contributed by atoms with Crippen LogP contribution in [0.3, 0.4) is 0 Å². The number of nitrogens with zero attached hydrogens (tertiary/aromatic N) is 1. The van der Waals surface area contributed by atoms with Gasteiger partial charge in [-0.2, -0.15) is 0 Å². The Morgan fingerprint density at radius 2 is 1.96 bits per heavy atom. The Balaban J connectivity index is 2.10.